The lowest BCUT2D eigenvalue weighted by atomic mass is 10.1. The summed E-state index contributed by atoms with van der Waals surface area (Å²) in [6, 6.07) is 6.08. The number of nitrogens with two attached hydrogens (primary N) is 1. The zero-order chi connectivity index (χ0) is 14.4. The van der Waals surface area contributed by atoms with Crippen LogP contribution in [0.4, 0.5) is 0 Å². The SMILES string of the molecule is CCOc1ccc(C(C)N)cc1COCC1CCCO1. The second kappa shape index (κ2) is 7.62. The van der Waals surface area contributed by atoms with Gasteiger partial charge in [-0.15, -0.1) is 0 Å². The Bertz CT molecular complexity index is 414. The normalized spacial score (nSPS) is 20.1. The lowest BCUT2D eigenvalue weighted by molar-refractivity contribution is 0.00998. The van der Waals surface area contributed by atoms with Gasteiger partial charge in [-0.05, 0) is 44.4 Å². The van der Waals surface area contributed by atoms with E-state index in [1.165, 1.54) is 0 Å². The van der Waals surface area contributed by atoms with Crippen LogP contribution in [0.25, 0.3) is 0 Å². The van der Waals surface area contributed by atoms with E-state index in [0.717, 1.165) is 36.3 Å². The van der Waals surface area contributed by atoms with E-state index in [1.54, 1.807) is 0 Å². The third-order valence-corrected chi connectivity index (χ3v) is 3.50. The molecule has 1 fully saturated rings. The number of rotatable bonds is 7. The van der Waals surface area contributed by atoms with E-state index in [1.807, 2.05) is 26.0 Å². The van der Waals surface area contributed by atoms with Crippen molar-refractivity contribution >= 4 is 0 Å². The van der Waals surface area contributed by atoms with Crippen molar-refractivity contribution in [3.63, 3.8) is 0 Å². The molecule has 112 valence electrons. The molecule has 1 aliphatic rings. The Morgan fingerprint density at radius 1 is 1.45 bits per heavy atom. The summed E-state index contributed by atoms with van der Waals surface area (Å²) in [5.74, 6) is 0.879. The van der Waals surface area contributed by atoms with Crippen molar-refractivity contribution in [2.45, 2.75) is 45.4 Å². The number of hydrogen-bond acceptors (Lipinski definition) is 4. The molecule has 0 radical (unpaired) electrons. The first-order chi connectivity index (χ1) is 9.70. The van der Waals surface area contributed by atoms with Crippen LogP contribution >= 0.6 is 0 Å². The van der Waals surface area contributed by atoms with Crippen molar-refractivity contribution in [1.82, 2.24) is 0 Å². The van der Waals surface area contributed by atoms with Crippen LogP contribution in [0.3, 0.4) is 0 Å². The molecule has 2 N–H and O–H groups in total. The molecule has 0 bridgehead atoms. The fourth-order valence-electron chi connectivity index (χ4n) is 2.37. The Balaban J connectivity index is 1.96. The van der Waals surface area contributed by atoms with E-state index in [4.69, 9.17) is 19.9 Å². The van der Waals surface area contributed by atoms with Gasteiger partial charge in [0.05, 0.1) is 25.9 Å². The monoisotopic (exact) mass is 279 g/mol. The molecule has 0 spiro atoms. The first-order valence-electron chi connectivity index (χ1n) is 7.41. The molecule has 2 unspecified atom stereocenters. The van der Waals surface area contributed by atoms with Crippen LogP contribution in [0.2, 0.25) is 0 Å². The molecule has 1 aliphatic heterocycles. The van der Waals surface area contributed by atoms with Crippen molar-refractivity contribution in [2.24, 2.45) is 5.73 Å². The van der Waals surface area contributed by atoms with Gasteiger partial charge in [-0.1, -0.05) is 6.07 Å². The smallest absolute Gasteiger partial charge is 0.124 e. The average molecular weight is 279 g/mol. The van der Waals surface area contributed by atoms with Gasteiger partial charge in [-0.2, -0.15) is 0 Å². The van der Waals surface area contributed by atoms with Gasteiger partial charge in [0.2, 0.25) is 0 Å². The van der Waals surface area contributed by atoms with Crippen LogP contribution in [-0.4, -0.2) is 25.9 Å². The first kappa shape index (κ1) is 15.3. The van der Waals surface area contributed by atoms with Crippen LogP contribution in [0, 0.1) is 0 Å². The minimum atomic E-state index is 0.0163. The maximum absolute atomic E-state index is 5.93. The van der Waals surface area contributed by atoms with E-state index < -0.39 is 0 Å². The second-order valence-corrected chi connectivity index (χ2v) is 5.24. The summed E-state index contributed by atoms with van der Waals surface area (Å²) in [4.78, 5) is 0. The first-order valence-corrected chi connectivity index (χ1v) is 7.41. The molecular formula is C16H25NO3. The van der Waals surface area contributed by atoms with E-state index in [-0.39, 0.29) is 12.1 Å². The van der Waals surface area contributed by atoms with Crippen molar-refractivity contribution in [2.75, 3.05) is 19.8 Å². The Hall–Kier alpha value is -1.10. The van der Waals surface area contributed by atoms with Crippen molar-refractivity contribution < 1.29 is 14.2 Å². The second-order valence-electron chi connectivity index (χ2n) is 5.24. The standard InChI is InChI=1S/C16H25NO3/c1-3-19-16-7-6-13(12(2)17)9-14(16)10-18-11-15-5-4-8-20-15/h6-7,9,12,15H,3-5,8,10-11,17H2,1-2H3. The summed E-state index contributed by atoms with van der Waals surface area (Å²) in [7, 11) is 0. The molecule has 1 aromatic carbocycles. The quantitative estimate of drug-likeness (QED) is 0.834. The predicted molar refractivity (Wildman–Crippen MR) is 78.8 cm³/mol. The molecule has 1 saturated heterocycles. The number of ether oxygens (including phenoxy) is 3. The number of benzene rings is 1. The molecule has 0 saturated carbocycles. The molecule has 0 amide bonds. The van der Waals surface area contributed by atoms with Crippen LogP contribution in [0.15, 0.2) is 18.2 Å². The zero-order valence-electron chi connectivity index (χ0n) is 12.4. The van der Waals surface area contributed by atoms with Crippen LogP contribution in [-0.2, 0) is 16.1 Å². The van der Waals surface area contributed by atoms with Gasteiger partial charge in [-0.3, -0.25) is 0 Å². The lowest BCUT2D eigenvalue weighted by Crippen LogP contribution is -2.14. The molecule has 4 nitrogen and oxygen atoms in total. The molecular weight excluding hydrogens is 254 g/mol. The minimum Gasteiger partial charge on any atom is -0.494 e. The summed E-state index contributed by atoms with van der Waals surface area (Å²) >= 11 is 0. The highest BCUT2D eigenvalue weighted by Gasteiger charge is 2.16. The number of hydrogen-bond donors (Lipinski definition) is 1. The van der Waals surface area contributed by atoms with Gasteiger partial charge in [0, 0.05) is 18.2 Å². The highest BCUT2D eigenvalue weighted by Crippen LogP contribution is 2.24. The van der Waals surface area contributed by atoms with Crippen molar-refractivity contribution in [1.29, 1.82) is 0 Å². The van der Waals surface area contributed by atoms with Gasteiger partial charge in [0.1, 0.15) is 5.75 Å². The fourth-order valence-corrected chi connectivity index (χ4v) is 2.37. The molecule has 0 aliphatic carbocycles. The van der Waals surface area contributed by atoms with E-state index in [2.05, 4.69) is 6.07 Å². The van der Waals surface area contributed by atoms with Gasteiger partial charge < -0.3 is 19.9 Å². The van der Waals surface area contributed by atoms with Gasteiger partial charge in [0.25, 0.3) is 0 Å². The summed E-state index contributed by atoms with van der Waals surface area (Å²) in [6.45, 7) is 6.65. The molecule has 20 heavy (non-hydrogen) atoms. The maximum Gasteiger partial charge on any atom is 0.124 e. The van der Waals surface area contributed by atoms with Gasteiger partial charge >= 0.3 is 0 Å². The Kier molecular flexibility index (Phi) is 5.83. The summed E-state index contributed by atoms with van der Waals surface area (Å²) < 4.78 is 17.0. The van der Waals surface area contributed by atoms with E-state index in [9.17, 15) is 0 Å². The lowest BCUT2D eigenvalue weighted by Gasteiger charge is -2.15. The highest BCUT2D eigenvalue weighted by atomic mass is 16.5. The molecule has 1 aromatic rings. The molecule has 4 heteroatoms. The van der Waals surface area contributed by atoms with Crippen LogP contribution in [0.5, 0.6) is 5.75 Å². The van der Waals surface area contributed by atoms with Gasteiger partial charge in [0.15, 0.2) is 0 Å². The van der Waals surface area contributed by atoms with Crippen LogP contribution in [0.1, 0.15) is 43.9 Å². The third kappa shape index (κ3) is 4.20. The average Bonchev–Trinajstić information content (AvgIpc) is 2.93. The zero-order valence-corrected chi connectivity index (χ0v) is 12.4. The predicted octanol–water partition coefficient (Wildman–Crippen LogP) is 2.80. The Morgan fingerprint density at radius 2 is 2.30 bits per heavy atom. The summed E-state index contributed by atoms with van der Waals surface area (Å²) in [6.07, 6.45) is 2.48. The Morgan fingerprint density at radius 3 is 2.95 bits per heavy atom. The molecule has 2 rings (SSSR count). The van der Waals surface area contributed by atoms with Crippen molar-refractivity contribution in [3.8, 4) is 5.75 Å². The molecule has 0 aromatic heterocycles. The van der Waals surface area contributed by atoms with Crippen LogP contribution < -0.4 is 10.5 Å². The maximum atomic E-state index is 5.93. The summed E-state index contributed by atoms with van der Waals surface area (Å²) in [5.41, 5.74) is 8.09. The fraction of sp³-hybridized carbons (Fsp3) is 0.625. The largest absolute Gasteiger partial charge is 0.494 e. The third-order valence-electron chi connectivity index (χ3n) is 3.50. The van der Waals surface area contributed by atoms with Crippen molar-refractivity contribution in [3.05, 3.63) is 29.3 Å². The van der Waals surface area contributed by atoms with E-state index >= 15 is 0 Å². The highest BCUT2D eigenvalue weighted by molar-refractivity contribution is 5.38. The Labute approximate surface area is 121 Å². The van der Waals surface area contributed by atoms with E-state index in [0.29, 0.717) is 19.8 Å². The minimum absolute atomic E-state index is 0.0163. The molecule has 2 atom stereocenters. The van der Waals surface area contributed by atoms with Gasteiger partial charge in [-0.25, -0.2) is 0 Å². The molecule has 1 heterocycles. The topological polar surface area (TPSA) is 53.7 Å². The summed E-state index contributed by atoms with van der Waals surface area (Å²) in [5, 5.41) is 0.